The van der Waals surface area contributed by atoms with Gasteiger partial charge in [0.15, 0.2) is 11.5 Å². The number of aromatic nitrogens is 3. The molecule has 0 spiro atoms. The van der Waals surface area contributed by atoms with E-state index in [2.05, 4.69) is 15.6 Å². The van der Waals surface area contributed by atoms with E-state index in [-0.39, 0.29) is 18.1 Å². The Balaban J connectivity index is 1.43. The predicted octanol–water partition coefficient (Wildman–Crippen LogP) is 4.82. The Labute approximate surface area is 184 Å². The highest BCUT2D eigenvalue weighted by molar-refractivity contribution is 6.03. The number of amides is 1. The van der Waals surface area contributed by atoms with Crippen LogP contribution in [0.5, 0.6) is 5.75 Å². The Hall–Kier alpha value is -3.94. The summed E-state index contributed by atoms with van der Waals surface area (Å²) in [4.78, 5) is 12.8. The quantitative estimate of drug-likeness (QED) is 0.451. The maximum absolute atomic E-state index is 13.1. The third-order valence-corrected chi connectivity index (χ3v) is 5.06. The van der Waals surface area contributed by atoms with Crippen LogP contribution in [0, 0.1) is 26.6 Å². The number of aryl methyl sites for hydroxylation is 3. The van der Waals surface area contributed by atoms with Crippen LogP contribution < -0.4 is 10.1 Å². The van der Waals surface area contributed by atoms with Crippen LogP contribution in [0.1, 0.15) is 38.5 Å². The van der Waals surface area contributed by atoms with E-state index in [1.165, 1.54) is 12.1 Å². The molecule has 2 heterocycles. The molecule has 164 valence electrons. The molecular formula is C24H23FN4O3. The van der Waals surface area contributed by atoms with Crippen LogP contribution in [0.15, 0.2) is 59.3 Å². The van der Waals surface area contributed by atoms with Crippen LogP contribution in [0.2, 0.25) is 0 Å². The van der Waals surface area contributed by atoms with Gasteiger partial charge < -0.3 is 14.6 Å². The van der Waals surface area contributed by atoms with Crippen LogP contribution in [-0.2, 0) is 13.2 Å². The minimum absolute atomic E-state index is 0.154. The summed E-state index contributed by atoms with van der Waals surface area (Å²) in [5.41, 5.74) is 3.71. The largest absolute Gasteiger partial charge is 0.488 e. The molecule has 0 fully saturated rings. The van der Waals surface area contributed by atoms with E-state index in [0.717, 1.165) is 22.4 Å². The maximum atomic E-state index is 13.1. The number of anilines is 1. The Kier molecular flexibility index (Phi) is 6.02. The van der Waals surface area contributed by atoms with Crippen molar-refractivity contribution >= 4 is 11.7 Å². The number of halogens is 1. The van der Waals surface area contributed by atoms with Gasteiger partial charge in [0.25, 0.3) is 5.91 Å². The molecule has 0 aliphatic carbocycles. The van der Waals surface area contributed by atoms with Gasteiger partial charge in [-0.25, -0.2) is 4.39 Å². The van der Waals surface area contributed by atoms with Crippen LogP contribution in [0.3, 0.4) is 0 Å². The normalized spacial score (nSPS) is 10.9. The summed E-state index contributed by atoms with van der Waals surface area (Å²) in [6.45, 7) is 6.30. The number of nitrogens with one attached hydrogen (secondary N) is 1. The van der Waals surface area contributed by atoms with Gasteiger partial charge >= 0.3 is 0 Å². The molecule has 0 saturated heterocycles. The summed E-state index contributed by atoms with van der Waals surface area (Å²) < 4.78 is 25.9. The minimum atomic E-state index is -0.437. The average molecular weight is 434 g/mol. The molecule has 0 aliphatic heterocycles. The van der Waals surface area contributed by atoms with E-state index in [1.54, 1.807) is 36.0 Å². The van der Waals surface area contributed by atoms with E-state index < -0.39 is 5.91 Å². The van der Waals surface area contributed by atoms with E-state index in [4.69, 9.17) is 9.26 Å². The van der Waals surface area contributed by atoms with Crippen molar-refractivity contribution in [2.45, 2.75) is 33.9 Å². The molecule has 4 aromatic rings. The Morgan fingerprint density at radius 2 is 1.91 bits per heavy atom. The van der Waals surface area contributed by atoms with Gasteiger partial charge in [0.2, 0.25) is 0 Å². The zero-order valence-electron chi connectivity index (χ0n) is 18.1. The van der Waals surface area contributed by atoms with E-state index in [9.17, 15) is 9.18 Å². The lowest BCUT2D eigenvalue weighted by molar-refractivity contribution is 0.101. The van der Waals surface area contributed by atoms with E-state index >= 15 is 0 Å². The van der Waals surface area contributed by atoms with E-state index in [0.29, 0.717) is 23.7 Å². The molecule has 0 unspecified atom stereocenters. The number of ether oxygens (including phenoxy) is 1. The zero-order valence-corrected chi connectivity index (χ0v) is 18.1. The third-order valence-electron chi connectivity index (χ3n) is 5.06. The van der Waals surface area contributed by atoms with Gasteiger partial charge in [-0.15, -0.1) is 0 Å². The first-order chi connectivity index (χ1) is 15.4. The SMILES string of the molecule is Cc1ccc(C)c(OCc2c(C(=O)Nc3ccn(Cc4ccc(F)cc4)n3)noc2C)c1. The fourth-order valence-electron chi connectivity index (χ4n) is 3.22. The van der Waals surface area contributed by atoms with E-state index in [1.807, 2.05) is 32.0 Å². The summed E-state index contributed by atoms with van der Waals surface area (Å²) in [7, 11) is 0. The van der Waals surface area contributed by atoms with Gasteiger partial charge in [0.05, 0.1) is 12.1 Å². The Morgan fingerprint density at radius 1 is 1.12 bits per heavy atom. The molecular weight excluding hydrogens is 411 g/mol. The molecule has 0 aliphatic rings. The molecule has 2 aromatic heterocycles. The summed E-state index contributed by atoms with van der Waals surface area (Å²) in [5.74, 6) is 0.911. The Bertz CT molecular complexity index is 1240. The van der Waals surface area contributed by atoms with Gasteiger partial charge in [-0.1, -0.05) is 29.4 Å². The topological polar surface area (TPSA) is 82.2 Å². The standard InChI is InChI=1S/C24H23FN4O3/c1-15-4-5-16(2)21(12-15)31-14-20-17(3)32-28-23(20)24(30)26-22-10-11-29(27-22)13-18-6-8-19(25)9-7-18/h4-12H,13-14H2,1-3H3,(H,26,27,30). The lowest BCUT2D eigenvalue weighted by Gasteiger charge is -2.10. The number of carbonyl (C=O) groups is 1. The number of hydrogen-bond acceptors (Lipinski definition) is 5. The molecule has 32 heavy (non-hydrogen) atoms. The summed E-state index contributed by atoms with van der Waals surface area (Å²) >= 11 is 0. The molecule has 0 bridgehead atoms. The number of carbonyl (C=O) groups excluding carboxylic acids is 1. The smallest absolute Gasteiger partial charge is 0.279 e. The fraction of sp³-hybridized carbons (Fsp3) is 0.208. The highest BCUT2D eigenvalue weighted by Gasteiger charge is 2.21. The second kappa shape index (κ2) is 9.05. The van der Waals surface area contributed by atoms with Crippen molar-refractivity contribution in [3.8, 4) is 5.75 Å². The van der Waals surface area contributed by atoms with Crippen molar-refractivity contribution in [2.24, 2.45) is 0 Å². The van der Waals surface area contributed by atoms with Gasteiger partial charge in [0.1, 0.15) is 23.9 Å². The molecule has 1 amide bonds. The monoisotopic (exact) mass is 434 g/mol. The molecule has 2 aromatic carbocycles. The lowest BCUT2D eigenvalue weighted by Crippen LogP contribution is -2.16. The zero-order chi connectivity index (χ0) is 22.7. The molecule has 4 rings (SSSR count). The second-order valence-electron chi connectivity index (χ2n) is 7.60. The van der Waals surface area contributed by atoms with Crippen molar-refractivity contribution in [1.29, 1.82) is 0 Å². The van der Waals surface area contributed by atoms with Crippen LogP contribution in [-0.4, -0.2) is 20.8 Å². The number of hydrogen-bond donors (Lipinski definition) is 1. The van der Waals surface area contributed by atoms with Crippen molar-refractivity contribution in [3.05, 3.63) is 94.3 Å². The van der Waals surface area contributed by atoms with Crippen LogP contribution in [0.25, 0.3) is 0 Å². The first-order valence-corrected chi connectivity index (χ1v) is 10.1. The van der Waals surface area contributed by atoms with Gasteiger partial charge in [-0.05, 0) is 55.7 Å². The molecule has 7 nitrogen and oxygen atoms in total. The lowest BCUT2D eigenvalue weighted by atomic mass is 10.1. The van der Waals surface area contributed by atoms with Gasteiger partial charge in [-0.3, -0.25) is 9.48 Å². The van der Waals surface area contributed by atoms with Gasteiger partial charge in [-0.2, -0.15) is 5.10 Å². The van der Waals surface area contributed by atoms with Crippen molar-refractivity contribution in [2.75, 3.05) is 5.32 Å². The molecule has 0 saturated carbocycles. The first kappa shape index (κ1) is 21.3. The average Bonchev–Trinajstić information content (AvgIpc) is 3.36. The highest BCUT2D eigenvalue weighted by atomic mass is 19.1. The van der Waals surface area contributed by atoms with Crippen LogP contribution in [0.4, 0.5) is 10.2 Å². The second-order valence-corrected chi connectivity index (χ2v) is 7.60. The number of nitrogens with zero attached hydrogens (tertiary/aromatic N) is 3. The van der Waals surface area contributed by atoms with Crippen LogP contribution >= 0.6 is 0 Å². The first-order valence-electron chi connectivity index (χ1n) is 10.1. The van der Waals surface area contributed by atoms with Crippen molar-refractivity contribution < 1.29 is 18.4 Å². The number of rotatable bonds is 7. The molecule has 0 atom stereocenters. The Morgan fingerprint density at radius 3 is 2.69 bits per heavy atom. The third kappa shape index (κ3) is 4.85. The molecule has 8 heteroatoms. The summed E-state index contributed by atoms with van der Waals surface area (Å²) in [5, 5.41) is 11.0. The fourth-order valence-corrected chi connectivity index (χ4v) is 3.22. The predicted molar refractivity (Wildman–Crippen MR) is 117 cm³/mol. The number of benzene rings is 2. The summed E-state index contributed by atoms with van der Waals surface area (Å²) in [6, 6.07) is 13.8. The van der Waals surface area contributed by atoms with Crippen molar-refractivity contribution in [3.63, 3.8) is 0 Å². The van der Waals surface area contributed by atoms with Crippen molar-refractivity contribution in [1.82, 2.24) is 14.9 Å². The van der Waals surface area contributed by atoms with Gasteiger partial charge in [0, 0.05) is 12.3 Å². The maximum Gasteiger partial charge on any atom is 0.279 e. The minimum Gasteiger partial charge on any atom is -0.488 e. The molecule has 1 N–H and O–H groups in total. The summed E-state index contributed by atoms with van der Waals surface area (Å²) in [6.07, 6.45) is 1.73. The molecule has 0 radical (unpaired) electrons. The highest BCUT2D eigenvalue weighted by Crippen LogP contribution is 2.23.